The predicted octanol–water partition coefficient (Wildman–Crippen LogP) is 3.19. The monoisotopic (exact) mass is 322 g/mol. The molecule has 5 heteroatoms. The van der Waals surface area contributed by atoms with Gasteiger partial charge in [0.2, 0.25) is 0 Å². The normalized spacial score (nSPS) is 10.6. The minimum Gasteiger partial charge on any atom is -0.492 e. The van der Waals surface area contributed by atoms with Crippen LogP contribution in [0.1, 0.15) is 17.3 Å². The summed E-state index contributed by atoms with van der Waals surface area (Å²) >= 11 is 0. The van der Waals surface area contributed by atoms with Gasteiger partial charge in [-0.2, -0.15) is 0 Å². The van der Waals surface area contributed by atoms with Crippen molar-refractivity contribution >= 4 is 22.5 Å². The van der Waals surface area contributed by atoms with Crippen molar-refractivity contribution in [2.45, 2.75) is 6.92 Å². The van der Waals surface area contributed by atoms with E-state index in [-0.39, 0.29) is 11.5 Å². The van der Waals surface area contributed by atoms with Gasteiger partial charge in [-0.25, -0.2) is 0 Å². The van der Waals surface area contributed by atoms with E-state index < -0.39 is 0 Å². The molecule has 1 amide bonds. The summed E-state index contributed by atoms with van der Waals surface area (Å²) in [5.74, 6) is 0.262. The maximum absolute atomic E-state index is 12.7. The number of anilines is 1. The number of para-hydroxylation sites is 3. The molecule has 1 heterocycles. The van der Waals surface area contributed by atoms with Crippen molar-refractivity contribution in [1.29, 1.82) is 0 Å². The standard InChI is InChI=1S/C19H18N2O3/c1-3-24-17-11-7-5-9-15(17)20-19(23)14-12-18(22)21(2)16-10-6-4-8-13(14)16/h4-12H,3H2,1-2H3,(H,20,23). The molecule has 0 fully saturated rings. The fourth-order valence-electron chi connectivity index (χ4n) is 2.64. The van der Waals surface area contributed by atoms with Crippen molar-refractivity contribution in [3.8, 4) is 5.75 Å². The van der Waals surface area contributed by atoms with E-state index in [9.17, 15) is 9.59 Å². The van der Waals surface area contributed by atoms with Gasteiger partial charge in [-0.1, -0.05) is 30.3 Å². The van der Waals surface area contributed by atoms with Crippen molar-refractivity contribution < 1.29 is 9.53 Å². The molecule has 0 bridgehead atoms. The lowest BCUT2D eigenvalue weighted by molar-refractivity contribution is 0.102. The predicted molar refractivity (Wildman–Crippen MR) is 94.8 cm³/mol. The molecule has 2 aromatic carbocycles. The number of benzene rings is 2. The summed E-state index contributed by atoms with van der Waals surface area (Å²) in [5, 5.41) is 3.57. The highest BCUT2D eigenvalue weighted by atomic mass is 16.5. The molecule has 0 atom stereocenters. The Hall–Kier alpha value is -3.08. The van der Waals surface area contributed by atoms with Gasteiger partial charge in [-0.15, -0.1) is 0 Å². The summed E-state index contributed by atoms with van der Waals surface area (Å²) in [6.45, 7) is 2.38. The Balaban J connectivity index is 2.04. The number of hydrogen-bond acceptors (Lipinski definition) is 3. The van der Waals surface area contributed by atoms with Crippen LogP contribution in [0.25, 0.3) is 10.9 Å². The maximum Gasteiger partial charge on any atom is 0.256 e. The summed E-state index contributed by atoms with van der Waals surface area (Å²) in [6, 6.07) is 15.9. The van der Waals surface area contributed by atoms with E-state index in [0.29, 0.717) is 29.1 Å². The van der Waals surface area contributed by atoms with E-state index in [4.69, 9.17) is 4.74 Å². The maximum atomic E-state index is 12.7. The molecule has 1 N–H and O–H groups in total. The van der Waals surface area contributed by atoms with Crippen LogP contribution in [0.5, 0.6) is 5.75 Å². The van der Waals surface area contributed by atoms with E-state index in [0.717, 1.165) is 5.39 Å². The third-order valence-electron chi connectivity index (χ3n) is 3.83. The third kappa shape index (κ3) is 2.88. The molecule has 0 unspecified atom stereocenters. The molecule has 0 spiro atoms. The number of aromatic nitrogens is 1. The van der Waals surface area contributed by atoms with Gasteiger partial charge in [0.05, 0.1) is 23.4 Å². The van der Waals surface area contributed by atoms with Gasteiger partial charge in [0, 0.05) is 18.5 Å². The molecule has 3 rings (SSSR count). The van der Waals surface area contributed by atoms with Crippen molar-refractivity contribution in [3.05, 3.63) is 70.5 Å². The first kappa shape index (κ1) is 15.8. The smallest absolute Gasteiger partial charge is 0.256 e. The molecule has 5 nitrogen and oxygen atoms in total. The van der Waals surface area contributed by atoms with Crippen molar-refractivity contribution in [1.82, 2.24) is 4.57 Å². The lowest BCUT2D eigenvalue weighted by Gasteiger charge is -2.13. The molecule has 1 aromatic heterocycles. The summed E-state index contributed by atoms with van der Waals surface area (Å²) in [4.78, 5) is 24.9. The zero-order chi connectivity index (χ0) is 17.1. The second-order valence-corrected chi connectivity index (χ2v) is 5.36. The van der Waals surface area contributed by atoms with Gasteiger partial charge in [0.25, 0.3) is 11.5 Å². The van der Waals surface area contributed by atoms with E-state index >= 15 is 0 Å². The van der Waals surface area contributed by atoms with Gasteiger partial charge in [-0.3, -0.25) is 9.59 Å². The summed E-state index contributed by atoms with van der Waals surface area (Å²) < 4.78 is 7.05. The van der Waals surface area contributed by atoms with Crippen LogP contribution < -0.4 is 15.6 Å². The van der Waals surface area contributed by atoms with Crippen LogP contribution in [-0.2, 0) is 7.05 Å². The minimum absolute atomic E-state index is 0.225. The number of pyridine rings is 1. The third-order valence-corrected chi connectivity index (χ3v) is 3.83. The van der Waals surface area contributed by atoms with E-state index in [1.807, 2.05) is 43.3 Å². The number of aryl methyl sites for hydroxylation is 1. The zero-order valence-corrected chi connectivity index (χ0v) is 13.6. The zero-order valence-electron chi connectivity index (χ0n) is 13.6. The Morgan fingerprint density at radius 3 is 2.62 bits per heavy atom. The SMILES string of the molecule is CCOc1ccccc1NC(=O)c1cc(=O)n(C)c2ccccc12. The highest BCUT2D eigenvalue weighted by Crippen LogP contribution is 2.25. The Morgan fingerprint density at radius 2 is 1.83 bits per heavy atom. The van der Waals surface area contributed by atoms with Gasteiger partial charge in [0.15, 0.2) is 0 Å². The summed E-state index contributed by atoms with van der Waals surface area (Å²) in [7, 11) is 1.69. The fraction of sp³-hybridized carbons (Fsp3) is 0.158. The number of amides is 1. The van der Waals surface area contributed by atoms with Gasteiger partial charge < -0.3 is 14.6 Å². The number of ether oxygens (including phenoxy) is 1. The first-order chi connectivity index (χ1) is 11.6. The van der Waals surface area contributed by atoms with Crippen molar-refractivity contribution in [3.63, 3.8) is 0 Å². The molecule has 24 heavy (non-hydrogen) atoms. The highest BCUT2D eigenvalue weighted by Gasteiger charge is 2.15. The number of fused-ring (bicyclic) bond motifs is 1. The topological polar surface area (TPSA) is 60.3 Å². The highest BCUT2D eigenvalue weighted by molar-refractivity contribution is 6.12. The summed E-state index contributed by atoms with van der Waals surface area (Å²) in [6.07, 6.45) is 0. The number of nitrogens with zero attached hydrogens (tertiary/aromatic N) is 1. The van der Waals surface area contributed by atoms with Crippen molar-refractivity contribution in [2.75, 3.05) is 11.9 Å². The Bertz CT molecular complexity index is 960. The Labute approximate surface area is 139 Å². The van der Waals surface area contributed by atoms with Crippen LogP contribution in [0, 0.1) is 0 Å². The van der Waals surface area contributed by atoms with Gasteiger partial charge in [0.1, 0.15) is 5.75 Å². The van der Waals surface area contributed by atoms with Crippen LogP contribution in [0.15, 0.2) is 59.4 Å². The van der Waals surface area contributed by atoms with Crippen LogP contribution in [0.2, 0.25) is 0 Å². The van der Waals surface area contributed by atoms with Crippen LogP contribution in [0.3, 0.4) is 0 Å². The number of rotatable bonds is 4. The molecule has 0 aliphatic rings. The minimum atomic E-state index is -0.337. The van der Waals surface area contributed by atoms with Crippen LogP contribution in [-0.4, -0.2) is 17.1 Å². The number of carbonyl (C=O) groups is 1. The van der Waals surface area contributed by atoms with E-state index in [1.54, 1.807) is 19.2 Å². The quantitative estimate of drug-likeness (QED) is 0.802. The average Bonchev–Trinajstić information content (AvgIpc) is 2.60. The van der Waals surface area contributed by atoms with Crippen molar-refractivity contribution in [2.24, 2.45) is 7.05 Å². The first-order valence-electron chi connectivity index (χ1n) is 7.73. The molecule has 122 valence electrons. The average molecular weight is 322 g/mol. The molecular formula is C19H18N2O3. The molecule has 0 aliphatic carbocycles. The summed E-state index contributed by atoms with van der Waals surface area (Å²) in [5.41, 5.74) is 1.42. The Kier molecular flexibility index (Phi) is 4.33. The van der Waals surface area contributed by atoms with Gasteiger partial charge in [-0.05, 0) is 25.1 Å². The molecule has 0 saturated carbocycles. The molecule has 0 radical (unpaired) electrons. The van der Waals surface area contributed by atoms with E-state index in [2.05, 4.69) is 5.32 Å². The molecule has 0 saturated heterocycles. The second-order valence-electron chi connectivity index (χ2n) is 5.36. The lowest BCUT2D eigenvalue weighted by atomic mass is 10.1. The largest absolute Gasteiger partial charge is 0.492 e. The van der Waals surface area contributed by atoms with Crippen LogP contribution >= 0.6 is 0 Å². The number of hydrogen-bond donors (Lipinski definition) is 1. The first-order valence-corrected chi connectivity index (χ1v) is 7.73. The number of carbonyl (C=O) groups excluding carboxylic acids is 1. The molecular weight excluding hydrogens is 304 g/mol. The second kappa shape index (κ2) is 6.58. The Morgan fingerprint density at radius 1 is 1.12 bits per heavy atom. The fourth-order valence-corrected chi connectivity index (χ4v) is 2.64. The van der Waals surface area contributed by atoms with Gasteiger partial charge >= 0.3 is 0 Å². The lowest BCUT2D eigenvalue weighted by Crippen LogP contribution is -2.21. The molecule has 3 aromatic rings. The number of nitrogens with one attached hydrogen (secondary N) is 1. The van der Waals surface area contributed by atoms with E-state index in [1.165, 1.54) is 10.6 Å². The van der Waals surface area contributed by atoms with Crippen LogP contribution in [0.4, 0.5) is 5.69 Å². The molecule has 0 aliphatic heterocycles.